The Morgan fingerprint density at radius 3 is 2.60 bits per heavy atom. The summed E-state index contributed by atoms with van der Waals surface area (Å²) < 4.78 is 16.6. The minimum absolute atomic E-state index is 0.751. The highest BCUT2D eigenvalue weighted by Crippen LogP contribution is 2.35. The fourth-order valence-electron chi connectivity index (χ4n) is 3.12. The Bertz CT molecular complexity index is 1060. The summed E-state index contributed by atoms with van der Waals surface area (Å²) in [6.45, 7) is 5.75. The first-order valence-electron chi connectivity index (χ1n) is 8.05. The highest BCUT2D eigenvalue weighted by atomic mass is 16.5. The zero-order valence-corrected chi connectivity index (χ0v) is 14.6. The highest BCUT2D eigenvalue weighted by molar-refractivity contribution is 5.93. The molecule has 0 aliphatic rings. The lowest BCUT2D eigenvalue weighted by Gasteiger charge is -2.08. The van der Waals surface area contributed by atoms with Crippen molar-refractivity contribution < 1.29 is 13.7 Å². The zero-order chi connectivity index (χ0) is 17.6. The third-order valence-electron chi connectivity index (χ3n) is 4.26. The summed E-state index contributed by atoms with van der Waals surface area (Å²) >= 11 is 0. The summed E-state index contributed by atoms with van der Waals surface area (Å²) in [7, 11) is 1.65. The molecule has 0 radical (unpaired) electrons. The summed E-state index contributed by atoms with van der Waals surface area (Å²) in [5, 5.41) is 5.05. The molecule has 0 spiro atoms. The van der Waals surface area contributed by atoms with Crippen LogP contribution in [0.3, 0.4) is 0 Å². The van der Waals surface area contributed by atoms with E-state index in [4.69, 9.17) is 18.7 Å². The Labute approximate surface area is 145 Å². The highest BCUT2D eigenvalue weighted by Gasteiger charge is 2.18. The SMILES string of the molecule is COc1cccc(-c2nc(-c3c(C)noc3C)cc3cc(C)oc23)c1. The molecule has 0 aliphatic carbocycles. The first kappa shape index (κ1) is 15.4. The first-order valence-corrected chi connectivity index (χ1v) is 8.05. The second-order valence-electron chi connectivity index (χ2n) is 6.06. The second-order valence-corrected chi connectivity index (χ2v) is 6.06. The van der Waals surface area contributed by atoms with E-state index in [2.05, 4.69) is 5.16 Å². The molecule has 25 heavy (non-hydrogen) atoms. The number of aryl methyl sites for hydroxylation is 3. The van der Waals surface area contributed by atoms with Crippen molar-refractivity contribution in [2.24, 2.45) is 0 Å². The number of hydrogen-bond acceptors (Lipinski definition) is 5. The third kappa shape index (κ3) is 2.58. The van der Waals surface area contributed by atoms with Gasteiger partial charge in [-0.3, -0.25) is 0 Å². The number of aromatic nitrogens is 2. The predicted molar refractivity (Wildman–Crippen MR) is 95.7 cm³/mol. The fourth-order valence-corrected chi connectivity index (χ4v) is 3.12. The van der Waals surface area contributed by atoms with Crippen LogP contribution in [0.25, 0.3) is 33.5 Å². The molecular weight excluding hydrogens is 316 g/mol. The van der Waals surface area contributed by atoms with Crippen LogP contribution in [0.1, 0.15) is 17.2 Å². The number of benzene rings is 1. The summed E-state index contributed by atoms with van der Waals surface area (Å²) in [5.74, 6) is 2.37. The van der Waals surface area contributed by atoms with Crippen molar-refractivity contribution in [3.63, 3.8) is 0 Å². The van der Waals surface area contributed by atoms with E-state index < -0.39 is 0 Å². The van der Waals surface area contributed by atoms with Crippen LogP contribution in [0.4, 0.5) is 0 Å². The Morgan fingerprint density at radius 2 is 1.88 bits per heavy atom. The van der Waals surface area contributed by atoms with Gasteiger partial charge >= 0.3 is 0 Å². The summed E-state index contributed by atoms with van der Waals surface area (Å²) in [4.78, 5) is 4.87. The lowest BCUT2D eigenvalue weighted by Crippen LogP contribution is -1.92. The molecule has 126 valence electrons. The third-order valence-corrected chi connectivity index (χ3v) is 4.26. The van der Waals surface area contributed by atoms with Crippen LogP contribution < -0.4 is 4.74 Å². The fraction of sp³-hybridized carbons (Fsp3) is 0.200. The minimum atomic E-state index is 0.751. The van der Waals surface area contributed by atoms with Gasteiger partial charge in [0.1, 0.15) is 23.0 Å². The molecule has 5 heteroatoms. The number of ether oxygens (including phenoxy) is 1. The van der Waals surface area contributed by atoms with E-state index in [9.17, 15) is 0 Å². The number of hydrogen-bond donors (Lipinski definition) is 0. The van der Waals surface area contributed by atoms with Crippen LogP contribution in [0.2, 0.25) is 0 Å². The van der Waals surface area contributed by atoms with Crippen LogP contribution >= 0.6 is 0 Å². The van der Waals surface area contributed by atoms with Crippen molar-refractivity contribution in [2.45, 2.75) is 20.8 Å². The lowest BCUT2D eigenvalue weighted by molar-refractivity contribution is 0.393. The first-order chi connectivity index (χ1) is 12.1. The average molecular weight is 334 g/mol. The molecular formula is C20H18N2O3. The van der Waals surface area contributed by atoms with Gasteiger partial charge in [-0.2, -0.15) is 0 Å². The van der Waals surface area contributed by atoms with E-state index in [-0.39, 0.29) is 0 Å². The number of fused-ring (bicyclic) bond motifs is 1. The van der Waals surface area contributed by atoms with E-state index in [0.717, 1.165) is 56.4 Å². The summed E-state index contributed by atoms with van der Waals surface area (Å²) in [6, 6.07) is 11.8. The van der Waals surface area contributed by atoms with Gasteiger partial charge in [-0.25, -0.2) is 4.98 Å². The Hall–Kier alpha value is -3.08. The minimum Gasteiger partial charge on any atom is -0.497 e. The van der Waals surface area contributed by atoms with Crippen molar-refractivity contribution in [1.82, 2.24) is 10.1 Å². The smallest absolute Gasteiger partial charge is 0.160 e. The number of rotatable bonds is 3. The van der Waals surface area contributed by atoms with Crippen LogP contribution in [-0.4, -0.2) is 17.3 Å². The maximum atomic E-state index is 5.92. The van der Waals surface area contributed by atoms with E-state index in [1.807, 2.05) is 57.2 Å². The molecule has 3 aromatic heterocycles. The van der Waals surface area contributed by atoms with Crippen LogP contribution in [-0.2, 0) is 0 Å². The molecule has 0 amide bonds. The molecule has 0 saturated carbocycles. The number of nitrogens with zero attached hydrogens (tertiary/aromatic N) is 2. The summed E-state index contributed by atoms with van der Waals surface area (Å²) in [6.07, 6.45) is 0. The van der Waals surface area contributed by atoms with Gasteiger partial charge in [0.05, 0.1) is 24.1 Å². The molecule has 0 unspecified atom stereocenters. The van der Waals surface area contributed by atoms with E-state index in [1.165, 1.54) is 0 Å². The molecule has 0 saturated heterocycles. The monoisotopic (exact) mass is 334 g/mol. The normalized spacial score (nSPS) is 11.2. The Balaban J connectivity index is 2.02. The van der Waals surface area contributed by atoms with E-state index >= 15 is 0 Å². The van der Waals surface area contributed by atoms with Gasteiger partial charge < -0.3 is 13.7 Å². The van der Waals surface area contributed by atoms with E-state index in [1.54, 1.807) is 7.11 Å². The number of methoxy groups -OCH3 is 1. The molecule has 4 rings (SSSR count). The van der Waals surface area contributed by atoms with Crippen molar-refractivity contribution in [3.8, 4) is 28.3 Å². The standard InChI is InChI=1S/C20H18N2O3/c1-11-8-15-10-17(18-12(2)22-25-13(18)3)21-19(20(15)24-11)14-6-5-7-16(9-14)23-4/h5-10H,1-4H3. The molecule has 1 aromatic carbocycles. The lowest BCUT2D eigenvalue weighted by atomic mass is 10.0. The molecule has 0 aliphatic heterocycles. The van der Waals surface area contributed by atoms with Crippen LogP contribution in [0.5, 0.6) is 5.75 Å². The molecule has 0 bridgehead atoms. The van der Waals surface area contributed by atoms with Crippen molar-refractivity contribution in [2.75, 3.05) is 7.11 Å². The van der Waals surface area contributed by atoms with Gasteiger partial charge in [0.25, 0.3) is 0 Å². The number of pyridine rings is 1. The van der Waals surface area contributed by atoms with Crippen molar-refractivity contribution >= 4 is 11.0 Å². The molecule has 3 heterocycles. The van der Waals surface area contributed by atoms with Crippen LogP contribution in [0, 0.1) is 20.8 Å². The maximum Gasteiger partial charge on any atom is 0.160 e. The average Bonchev–Trinajstić information content (AvgIpc) is 3.15. The molecule has 0 N–H and O–H groups in total. The van der Waals surface area contributed by atoms with Crippen LogP contribution in [0.15, 0.2) is 45.3 Å². The quantitative estimate of drug-likeness (QED) is 0.522. The number of furan rings is 1. The molecule has 0 fully saturated rings. The maximum absolute atomic E-state index is 5.92. The Morgan fingerprint density at radius 1 is 1.04 bits per heavy atom. The second kappa shape index (κ2) is 5.77. The van der Waals surface area contributed by atoms with Crippen molar-refractivity contribution in [3.05, 3.63) is 53.6 Å². The largest absolute Gasteiger partial charge is 0.497 e. The van der Waals surface area contributed by atoms with Gasteiger partial charge in [-0.1, -0.05) is 17.3 Å². The van der Waals surface area contributed by atoms with Gasteiger partial charge in [-0.15, -0.1) is 0 Å². The van der Waals surface area contributed by atoms with Crippen molar-refractivity contribution in [1.29, 1.82) is 0 Å². The zero-order valence-electron chi connectivity index (χ0n) is 14.6. The summed E-state index contributed by atoms with van der Waals surface area (Å²) in [5.41, 5.74) is 5.04. The Kier molecular flexibility index (Phi) is 3.57. The van der Waals surface area contributed by atoms with Gasteiger partial charge in [0.2, 0.25) is 0 Å². The van der Waals surface area contributed by atoms with Gasteiger partial charge in [0.15, 0.2) is 5.58 Å². The molecule has 5 nitrogen and oxygen atoms in total. The topological polar surface area (TPSA) is 61.3 Å². The van der Waals surface area contributed by atoms with Gasteiger partial charge in [0, 0.05) is 10.9 Å². The van der Waals surface area contributed by atoms with Gasteiger partial charge in [-0.05, 0) is 45.0 Å². The predicted octanol–water partition coefficient (Wildman–Crippen LogP) is 5.08. The molecule has 4 aromatic rings. The van der Waals surface area contributed by atoms with E-state index in [0.29, 0.717) is 0 Å². The molecule has 0 atom stereocenters.